The van der Waals surface area contributed by atoms with Crippen molar-refractivity contribution >= 4 is 5.91 Å². The average Bonchev–Trinajstić information content (AvgIpc) is 2.94. The Bertz CT molecular complexity index is 749. The van der Waals surface area contributed by atoms with Gasteiger partial charge in [-0.15, -0.1) is 0 Å². The van der Waals surface area contributed by atoms with Crippen molar-refractivity contribution in [2.45, 2.75) is 31.9 Å². The molecule has 0 unspecified atom stereocenters. The van der Waals surface area contributed by atoms with Crippen molar-refractivity contribution in [3.8, 4) is 0 Å². The van der Waals surface area contributed by atoms with Gasteiger partial charge in [-0.3, -0.25) is 4.79 Å². The zero-order valence-corrected chi connectivity index (χ0v) is 13.2. The van der Waals surface area contributed by atoms with E-state index in [1.807, 2.05) is 13.8 Å². The zero-order chi connectivity index (χ0) is 17.5. The van der Waals surface area contributed by atoms with E-state index in [1.54, 1.807) is 0 Å². The van der Waals surface area contributed by atoms with Crippen molar-refractivity contribution in [1.29, 1.82) is 0 Å². The smallest absolute Gasteiger partial charge is 0.339 e. The molecular formula is C16H16F3N3O2. The molecule has 8 heteroatoms. The van der Waals surface area contributed by atoms with Gasteiger partial charge in [0, 0.05) is 19.0 Å². The van der Waals surface area contributed by atoms with Gasteiger partial charge in [0.1, 0.15) is 0 Å². The third kappa shape index (κ3) is 3.00. The normalized spacial score (nSPS) is 15.7. The van der Waals surface area contributed by atoms with Crippen LogP contribution < -0.4 is 0 Å². The Kier molecular flexibility index (Phi) is 4.06. The Morgan fingerprint density at radius 1 is 1.29 bits per heavy atom. The fourth-order valence-corrected chi connectivity index (χ4v) is 2.54. The highest BCUT2D eigenvalue weighted by molar-refractivity contribution is 5.96. The van der Waals surface area contributed by atoms with E-state index in [0.717, 1.165) is 6.07 Å². The van der Waals surface area contributed by atoms with Gasteiger partial charge < -0.3 is 9.42 Å². The molecule has 2 aromatic rings. The molecule has 0 radical (unpaired) electrons. The fraction of sp³-hybridized carbons (Fsp3) is 0.438. The van der Waals surface area contributed by atoms with Crippen molar-refractivity contribution in [2.75, 3.05) is 13.1 Å². The largest absolute Gasteiger partial charge is 0.417 e. The number of rotatable bonds is 3. The Morgan fingerprint density at radius 3 is 2.54 bits per heavy atom. The van der Waals surface area contributed by atoms with Gasteiger partial charge in [0.05, 0.1) is 17.0 Å². The summed E-state index contributed by atoms with van der Waals surface area (Å²) in [6.07, 6.45) is -4.56. The van der Waals surface area contributed by atoms with Gasteiger partial charge in [-0.2, -0.15) is 18.2 Å². The predicted molar refractivity (Wildman–Crippen MR) is 78.5 cm³/mol. The lowest BCUT2D eigenvalue weighted by Crippen LogP contribution is -2.49. The molecule has 1 saturated heterocycles. The second kappa shape index (κ2) is 5.92. The number of alkyl halides is 3. The number of carbonyl (C=O) groups excluding carboxylic acids is 1. The molecule has 0 spiro atoms. The minimum Gasteiger partial charge on any atom is -0.339 e. The summed E-state index contributed by atoms with van der Waals surface area (Å²) in [6, 6.07) is 4.80. The van der Waals surface area contributed by atoms with Gasteiger partial charge >= 0.3 is 6.18 Å². The van der Waals surface area contributed by atoms with E-state index in [4.69, 9.17) is 4.52 Å². The molecular weight excluding hydrogens is 323 g/mol. The summed E-state index contributed by atoms with van der Waals surface area (Å²) in [4.78, 5) is 18.0. The maximum atomic E-state index is 13.0. The highest BCUT2D eigenvalue weighted by Gasteiger charge is 2.40. The van der Waals surface area contributed by atoms with Gasteiger partial charge in [-0.1, -0.05) is 31.1 Å². The van der Waals surface area contributed by atoms with Crippen LogP contribution in [0.4, 0.5) is 13.2 Å². The predicted octanol–water partition coefficient (Wildman–Crippen LogP) is 3.45. The molecule has 1 aliphatic rings. The van der Waals surface area contributed by atoms with Crippen LogP contribution in [0.1, 0.15) is 53.3 Å². The minimum absolute atomic E-state index is 0.124. The number of benzene rings is 1. The van der Waals surface area contributed by atoms with Gasteiger partial charge in [0.2, 0.25) is 5.89 Å². The van der Waals surface area contributed by atoms with Gasteiger partial charge in [0.15, 0.2) is 5.82 Å². The molecule has 128 valence electrons. The standard InChI is InChI=1S/C16H16F3N3O2/c1-9(2)13-20-14(24-21-13)10-7-22(8-10)15(23)11-5-3-4-6-12(11)16(17,18)19/h3-6,9-10H,7-8H2,1-2H3. The van der Waals surface area contributed by atoms with E-state index in [-0.39, 0.29) is 30.5 Å². The number of hydrogen-bond acceptors (Lipinski definition) is 4. The molecule has 1 aromatic carbocycles. The Hall–Kier alpha value is -2.38. The van der Waals surface area contributed by atoms with Crippen LogP contribution in [-0.2, 0) is 6.18 Å². The van der Waals surface area contributed by atoms with Crippen LogP contribution in [0.5, 0.6) is 0 Å². The van der Waals surface area contributed by atoms with Crippen LogP contribution in [0.3, 0.4) is 0 Å². The number of amides is 1. The van der Waals surface area contributed by atoms with Gasteiger partial charge in [-0.05, 0) is 12.1 Å². The monoisotopic (exact) mass is 339 g/mol. The van der Waals surface area contributed by atoms with Crippen LogP contribution >= 0.6 is 0 Å². The second-order valence-electron chi connectivity index (χ2n) is 6.10. The van der Waals surface area contributed by atoms with Crippen molar-refractivity contribution in [3.63, 3.8) is 0 Å². The van der Waals surface area contributed by atoms with Crippen LogP contribution in [-0.4, -0.2) is 34.0 Å². The summed E-state index contributed by atoms with van der Waals surface area (Å²) >= 11 is 0. The lowest BCUT2D eigenvalue weighted by molar-refractivity contribution is -0.138. The van der Waals surface area contributed by atoms with E-state index in [1.165, 1.54) is 23.1 Å². The third-order valence-electron chi connectivity index (χ3n) is 3.95. The van der Waals surface area contributed by atoms with E-state index in [0.29, 0.717) is 11.7 Å². The van der Waals surface area contributed by atoms with E-state index in [9.17, 15) is 18.0 Å². The van der Waals surface area contributed by atoms with Crippen molar-refractivity contribution in [3.05, 3.63) is 47.1 Å². The molecule has 0 aliphatic carbocycles. The number of carbonyl (C=O) groups is 1. The van der Waals surface area contributed by atoms with Crippen molar-refractivity contribution < 1.29 is 22.5 Å². The highest BCUT2D eigenvalue weighted by Crippen LogP contribution is 2.34. The first-order valence-corrected chi connectivity index (χ1v) is 7.56. The Balaban J connectivity index is 1.71. The quantitative estimate of drug-likeness (QED) is 0.859. The van der Waals surface area contributed by atoms with Gasteiger partial charge in [-0.25, -0.2) is 0 Å². The second-order valence-corrected chi connectivity index (χ2v) is 6.10. The molecule has 1 aromatic heterocycles. The number of nitrogens with zero attached hydrogens (tertiary/aromatic N) is 3. The average molecular weight is 339 g/mol. The summed E-state index contributed by atoms with van der Waals surface area (Å²) in [6.45, 7) is 4.40. The maximum absolute atomic E-state index is 13.0. The Morgan fingerprint density at radius 2 is 1.96 bits per heavy atom. The van der Waals surface area contributed by atoms with Crippen LogP contribution in [0, 0.1) is 0 Å². The summed E-state index contributed by atoms with van der Waals surface area (Å²) in [5, 5.41) is 3.85. The lowest BCUT2D eigenvalue weighted by atomic mass is 9.97. The molecule has 3 rings (SSSR count). The fourth-order valence-electron chi connectivity index (χ4n) is 2.54. The third-order valence-corrected chi connectivity index (χ3v) is 3.95. The molecule has 24 heavy (non-hydrogen) atoms. The number of halogens is 3. The molecule has 0 bridgehead atoms. The molecule has 1 aliphatic heterocycles. The molecule has 2 heterocycles. The van der Waals surface area contributed by atoms with Gasteiger partial charge in [0.25, 0.3) is 5.91 Å². The first-order chi connectivity index (χ1) is 11.3. The summed E-state index contributed by atoms with van der Waals surface area (Å²) in [5.74, 6) is 0.359. The van der Waals surface area contributed by atoms with Crippen LogP contribution in [0.2, 0.25) is 0 Å². The summed E-state index contributed by atoms with van der Waals surface area (Å²) in [7, 11) is 0. The SMILES string of the molecule is CC(C)c1noc(C2CN(C(=O)c3ccccc3C(F)(F)F)C2)n1. The number of aromatic nitrogens is 2. The molecule has 0 saturated carbocycles. The Labute approximate surface area is 136 Å². The minimum atomic E-state index is -4.56. The van der Waals surface area contributed by atoms with Crippen LogP contribution in [0.25, 0.3) is 0 Å². The first-order valence-electron chi connectivity index (χ1n) is 7.56. The summed E-state index contributed by atoms with van der Waals surface area (Å²) < 4.78 is 44.2. The van der Waals surface area contributed by atoms with E-state index < -0.39 is 17.6 Å². The molecule has 0 atom stereocenters. The maximum Gasteiger partial charge on any atom is 0.417 e. The number of likely N-dealkylation sites (tertiary alicyclic amines) is 1. The van der Waals surface area contributed by atoms with E-state index in [2.05, 4.69) is 10.1 Å². The topological polar surface area (TPSA) is 59.2 Å². The van der Waals surface area contributed by atoms with Crippen LogP contribution in [0.15, 0.2) is 28.8 Å². The number of hydrogen-bond donors (Lipinski definition) is 0. The molecule has 0 N–H and O–H groups in total. The first kappa shape index (κ1) is 16.5. The van der Waals surface area contributed by atoms with E-state index >= 15 is 0 Å². The molecule has 1 fully saturated rings. The zero-order valence-electron chi connectivity index (χ0n) is 13.2. The summed E-state index contributed by atoms with van der Waals surface area (Å²) in [5.41, 5.74) is -1.25. The highest BCUT2D eigenvalue weighted by atomic mass is 19.4. The molecule has 1 amide bonds. The van der Waals surface area contributed by atoms with Crippen molar-refractivity contribution in [1.82, 2.24) is 15.0 Å². The lowest BCUT2D eigenvalue weighted by Gasteiger charge is -2.37. The van der Waals surface area contributed by atoms with Crippen molar-refractivity contribution in [2.24, 2.45) is 0 Å². The molecule has 5 nitrogen and oxygen atoms in total.